The van der Waals surface area contributed by atoms with Crippen LogP contribution in [0.15, 0.2) is 11.8 Å². The number of guanidine groups is 1. The molecule has 0 aromatic rings. The highest BCUT2D eigenvalue weighted by atomic mass is 15.4. The minimum absolute atomic E-state index is 1.04. The van der Waals surface area contributed by atoms with Crippen molar-refractivity contribution in [3.8, 4) is 0 Å². The van der Waals surface area contributed by atoms with Gasteiger partial charge in [0.05, 0.1) is 26.3 Å². The third-order valence-corrected chi connectivity index (χ3v) is 2.83. The molecule has 2 rings (SSSR count). The number of allylic oxidation sites excluding steroid dienone is 1. The fourth-order valence-electron chi connectivity index (χ4n) is 1.92. The number of nitrogens with one attached hydrogen (secondary N) is 1. The van der Waals surface area contributed by atoms with Crippen molar-refractivity contribution < 1.29 is 0 Å². The van der Waals surface area contributed by atoms with E-state index in [0.29, 0.717) is 0 Å². The van der Waals surface area contributed by atoms with Gasteiger partial charge in [0, 0.05) is 18.7 Å². The highest BCUT2D eigenvalue weighted by molar-refractivity contribution is 5.90. The lowest BCUT2D eigenvalue weighted by Gasteiger charge is -2.25. The van der Waals surface area contributed by atoms with E-state index in [1.54, 1.807) is 0 Å². The van der Waals surface area contributed by atoms with Crippen molar-refractivity contribution >= 4 is 12.2 Å². The molecular weight excluding hydrogens is 188 g/mol. The number of piperazine rings is 1. The van der Waals surface area contributed by atoms with Gasteiger partial charge in [0.2, 0.25) is 0 Å². The van der Waals surface area contributed by atoms with Gasteiger partial charge in [-0.15, -0.1) is 0 Å². The zero-order valence-electron chi connectivity index (χ0n) is 9.53. The van der Waals surface area contributed by atoms with Crippen molar-refractivity contribution in [2.45, 2.75) is 13.3 Å². The Hall–Kier alpha value is -1.25. The minimum atomic E-state index is 1.04. The summed E-state index contributed by atoms with van der Waals surface area (Å²) in [4.78, 5) is 4.46. The SMILES string of the molecule is CCC1=CN(C)C(N2CCNCC2)=[N+]=C1. The van der Waals surface area contributed by atoms with Crippen LogP contribution in [0.3, 0.4) is 0 Å². The van der Waals surface area contributed by atoms with Gasteiger partial charge >= 0.3 is 5.96 Å². The molecule has 4 nitrogen and oxygen atoms in total. The maximum absolute atomic E-state index is 4.53. The molecule has 0 saturated carbocycles. The quantitative estimate of drug-likeness (QED) is 0.595. The van der Waals surface area contributed by atoms with Crippen LogP contribution in [0.25, 0.3) is 0 Å². The van der Waals surface area contributed by atoms with E-state index < -0.39 is 0 Å². The molecule has 15 heavy (non-hydrogen) atoms. The summed E-state index contributed by atoms with van der Waals surface area (Å²) in [5.41, 5.74) is 1.29. The summed E-state index contributed by atoms with van der Waals surface area (Å²) in [6, 6.07) is 0. The molecule has 0 aromatic heterocycles. The fourth-order valence-corrected chi connectivity index (χ4v) is 1.92. The highest BCUT2D eigenvalue weighted by Gasteiger charge is 2.27. The maximum Gasteiger partial charge on any atom is 0.447 e. The van der Waals surface area contributed by atoms with Crippen LogP contribution in [0, 0.1) is 0 Å². The van der Waals surface area contributed by atoms with E-state index in [2.05, 4.69) is 40.0 Å². The van der Waals surface area contributed by atoms with Crippen LogP contribution in [-0.4, -0.2) is 55.2 Å². The lowest BCUT2D eigenvalue weighted by molar-refractivity contribution is 0.326. The smallest absolute Gasteiger partial charge is 0.310 e. The lowest BCUT2D eigenvalue weighted by atomic mass is 10.2. The van der Waals surface area contributed by atoms with Crippen LogP contribution in [0.2, 0.25) is 0 Å². The van der Waals surface area contributed by atoms with E-state index in [4.69, 9.17) is 0 Å². The molecule has 0 atom stereocenters. The molecular formula is C11H19N4+. The van der Waals surface area contributed by atoms with Crippen molar-refractivity contribution in [2.24, 2.45) is 0 Å². The van der Waals surface area contributed by atoms with E-state index in [0.717, 1.165) is 38.6 Å². The fraction of sp³-hybridized carbons (Fsp3) is 0.636. The molecule has 1 saturated heterocycles. The Balaban J connectivity index is 2.13. The van der Waals surface area contributed by atoms with Crippen LogP contribution >= 0.6 is 0 Å². The predicted molar refractivity (Wildman–Crippen MR) is 63.8 cm³/mol. The summed E-state index contributed by atoms with van der Waals surface area (Å²) in [7, 11) is 2.07. The molecule has 0 spiro atoms. The Morgan fingerprint density at radius 2 is 2.13 bits per heavy atom. The standard InChI is InChI=1S/C11H19N4/c1-3-10-8-13-11(14(2)9-10)15-6-4-12-5-7-15/h8-9,12H,3-7H2,1-2H3/q+1. The maximum atomic E-state index is 4.53. The van der Waals surface area contributed by atoms with E-state index >= 15 is 0 Å². The Morgan fingerprint density at radius 1 is 1.40 bits per heavy atom. The van der Waals surface area contributed by atoms with Crippen molar-refractivity contribution in [3.63, 3.8) is 0 Å². The van der Waals surface area contributed by atoms with Crippen molar-refractivity contribution in [3.05, 3.63) is 11.8 Å². The summed E-state index contributed by atoms with van der Waals surface area (Å²) in [5, 5.41) is 3.35. The van der Waals surface area contributed by atoms with E-state index in [1.807, 2.05) is 6.21 Å². The van der Waals surface area contributed by atoms with Crippen LogP contribution < -0.4 is 9.98 Å². The largest absolute Gasteiger partial charge is 0.447 e. The molecule has 0 amide bonds. The first-order chi connectivity index (χ1) is 7.31. The molecule has 0 unspecified atom stereocenters. The van der Waals surface area contributed by atoms with Gasteiger partial charge in [-0.2, -0.15) is 0 Å². The Bertz CT molecular complexity index is 319. The summed E-state index contributed by atoms with van der Waals surface area (Å²) < 4.78 is 4.53. The van der Waals surface area contributed by atoms with Crippen LogP contribution in [0.5, 0.6) is 0 Å². The van der Waals surface area contributed by atoms with Crippen LogP contribution in [0.4, 0.5) is 0 Å². The molecule has 0 radical (unpaired) electrons. The number of nitrogens with zero attached hydrogens (tertiary/aromatic N) is 3. The third-order valence-electron chi connectivity index (χ3n) is 2.83. The molecule has 0 aliphatic carbocycles. The molecule has 2 aliphatic rings. The monoisotopic (exact) mass is 207 g/mol. The topological polar surface area (TPSA) is 32.6 Å². The molecule has 0 bridgehead atoms. The van der Waals surface area contributed by atoms with Gasteiger partial charge in [0.25, 0.3) is 0 Å². The van der Waals surface area contributed by atoms with Gasteiger partial charge in [-0.05, 0) is 6.42 Å². The van der Waals surface area contributed by atoms with Crippen molar-refractivity contribution in [2.75, 3.05) is 33.2 Å². The predicted octanol–water partition coefficient (Wildman–Crippen LogP) is -0.375. The third kappa shape index (κ3) is 2.22. The lowest BCUT2D eigenvalue weighted by Crippen LogP contribution is -2.51. The van der Waals surface area contributed by atoms with Gasteiger partial charge in [-0.1, -0.05) is 6.92 Å². The number of hydrogen-bond donors (Lipinski definition) is 1. The number of rotatable bonds is 1. The first-order valence-electron chi connectivity index (χ1n) is 5.61. The van der Waals surface area contributed by atoms with Gasteiger partial charge < -0.3 is 5.32 Å². The van der Waals surface area contributed by atoms with Gasteiger partial charge in [-0.25, -0.2) is 14.5 Å². The second-order valence-corrected chi connectivity index (χ2v) is 3.96. The average Bonchev–Trinajstić information content (AvgIpc) is 2.30. The Kier molecular flexibility index (Phi) is 3.09. The van der Waals surface area contributed by atoms with Gasteiger partial charge in [0.15, 0.2) is 6.21 Å². The normalized spacial score (nSPS) is 21.5. The number of hydrogen-bond acceptors (Lipinski definition) is 3. The van der Waals surface area contributed by atoms with Crippen LogP contribution in [0.1, 0.15) is 13.3 Å². The van der Waals surface area contributed by atoms with Crippen molar-refractivity contribution in [1.82, 2.24) is 19.8 Å². The van der Waals surface area contributed by atoms with E-state index in [1.165, 1.54) is 5.57 Å². The Labute approximate surface area is 91.0 Å². The minimum Gasteiger partial charge on any atom is -0.310 e. The van der Waals surface area contributed by atoms with Crippen LogP contribution in [-0.2, 0) is 0 Å². The summed E-state index contributed by atoms with van der Waals surface area (Å²) in [5.74, 6) is 1.08. The average molecular weight is 207 g/mol. The first-order valence-corrected chi connectivity index (χ1v) is 5.61. The molecule has 2 heterocycles. The molecule has 4 heteroatoms. The molecule has 0 aromatic carbocycles. The van der Waals surface area contributed by atoms with Gasteiger partial charge in [0.1, 0.15) is 0 Å². The molecule has 2 aliphatic heterocycles. The second-order valence-electron chi connectivity index (χ2n) is 3.96. The van der Waals surface area contributed by atoms with Gasteiger partial charge in [-0.3, -0.25) is 0 Å². The summed E-state index contributed by atoms with van der Waals surface area (Å²) in [6.07, 6.45) is 5.20. The molecule has 1 fully saturated rings. The summed E-state index contributed by atoms with van der Waals surface area (Å²) in [6.45, 7) is 6.36. The van der Waals surface area contributed by atoms with E-state index in [-0.39, 0.29) is 0 Å². The molecule has 82 valence electrons. The van der Waals surface area contributed by atoms with E-state index in [9.17, 15) is 0 Å². The zero-order valence-corrected chi connectivity index (χ0v) is 9.53. The zero-order chi connectivity index (χ0) is 10.7. The Morgan fingerprint density at radius 3 is 2.73 bits per heavy atom. The first kappa shape index (κ1) is 10.3. The second kappa shape index (κ2) is 4.51. The molecule has 1 N–H and O–H groups in total. The highest BCUT2D eigenvalue weighted by Crippen LogP contribution is 2.04. The van der Waals surface area contributed by atoms with Crippen molar-refractivity contribution in [1.29, 1.82) is 0 Å². The summed E-state index contributed by atoms with van der Waals surface area (Å²) >= 11 is 0.